The maximum Gasteiger partial charge on any atom is 0.317 e. The number of hydrogen-bond acceptors (Lipinski definition) is 3. The third-order valence-electron chi connectivity index (χ3n) is 2.17. The van der Waals surface area contributed by atoms with Crippen molar-refractivity contribution in [2.75, 3.05) is 0 Å². The van der Waals surface area contributed by atoms with E-state index in [1.54, 1.807) is 0 Å². The van der Waals surface area contributed by atoms with Crippen LogP contribution in [0.5, 0.6) is 0 Å². The Hall–Kier alpha value is -0.860. The average Bonchev–Trinajstić information content (AvgIpc) is 2.57. The number of esters is 2. The van der Waals surface area contributed by atoms with Crippen molar-refractivity contribution in [2.24, 2.45) is 11.8 Å². The second-order valence-electron chi connectivity index (χ2n) is 2.77. The minimum Gasteiger partial charge on any atom is -0.393 e. The highest BCUT2D eigenvalue weighted by atomic mass is 16.6. The lowest BCUT2D eigenvalue weighted by Gasteiger charge is -2.06. The zero-order chi connectivity index (χ0) is 12.4. The summed E-state index contributed by atoms with van der Waals surface area (Å²) < 4.78 is 4.49. The van der Waals surface area contributed by atoms with Crippen molar-refractivity contribution in [3.8, 4) is 0 Å². The molecule has 1 rings (SSSR count). The Kier molecular flexibility index (Phi) is 10.7. The van der Waals surface area contributed by atoms with Crippen LogP contribution in [-0.4, -0.2) is 11.9 Å². The van der Waals surface area contributed by atoms with Gasteiger partial charge in [-0.05, 0) is 12.8 Å². The van der Waals surface area contributed by atoms with E-state index in [0.29, 0.717) is 12.8 Å². The lowest BCUT2D eigenvalue weighted by Crippen LogP contribution is -2.15. The van der Waals surface area contributed by atoms with Crippen LogP contribution in [-0.2, 0) is 14.3 Å². The Bertz CT molecular complexity index is 167. The van der Waals surface area contributed by atoms with E-state index < -0.39 is 0 Å². The van der Waals surface area contributed by atoms with Crippen molar-refractivity contribution in [3.63, 3.8) is 0 Å². The van der Waals surface area contributed by atoms with E-state index in [1.165, 1.54) is 0 Å². The molecule has 0 saturated carbocycles. The summed E-state index contributed by atoms with van der Waals surface area (Å²) in [7, 11) is 0. The first-order valence-electron chi connectivity index (χ1n) is 5.96. The summed E-state index contributed by atoms with van der Waals surface area (Å²) in [4.78, 5) is 21.9. The van der Waals surface area contributed by atoms with Gasteiger partial charge in [0.2, 0.25) is 0 Å². The van der Waals surface area contributed by atoms with E-state index in [4.69, 9.17) is 0 Å². The molecule has 3 nitrogen and oxygen atoms in total. The molecule has 0 aromatic carbocycles. The smallest absolute Gasteiger partial charge is 0.317 e. The van der Waals surface area contributed by atoms with Crippen LogP contribution >= 0.6 is 0 Å². The Labute approximate surface area is 93.2 Å². The molecule has 0 bridgehead atoms. The molecule has 2 unspecified atom stereocenters. The van der Waals surface area contributed by atoms with Crippen molar-refractivity contribution in [1.82, 2.24) is 0 Å². The fraction of sp³-hybridized carbons (Fsp3) is 0.833. The average molecular weight is 216 g/mol. The fourth-order valence-corrected chi connectivity index (χ4v) is 1.48. The number of carbonyl (C=O) groups excluding carboxylic acids is 2. The number of hydrogen-bond donors (Lipinski definition) is 0. The molecule has 0 radical (unpaired) electrons. The molecule has 0 N–H and O–H groups in total. The topological polar surface area (TPSA) is 43.4 Å². The zero-order valence-corrected chi connectivity index (χ0v) is 10.8. The van der Waals surface area contributed by atoms with Crippen LogP contribution in [0.1, 0.15) is 54.4 Å². The van der Waals surface area contributed by atoms with E-state index in [9.17, 15) is 9.59 Å². The van der Waals surface area contributed by atoms with Gasteiger partial charge < -0.3 is 4.74 Å². The summed E-state index contributed by atoms with van der Waals surface area (Å²) in [5.41, 5.74) is 0. The lowest BCUT2D eigenvalue weighted by atomic mass is 9.91. The molecule has 0 amide bonds. The molecule has 0 aliphatic carbocycles. The first-order chi connectivity index (χ1) is 7.20. The van der Waals surface area contributed by atoms with Crippen molar-refractivity contribution in [3.05, 3.63) is 0 Å². The van der Waals surface area contributed by atoms with E-state index in [-0.39, 0.29) is 23.8 Å². The minimum atomic E-state index is -0.343. The van der Waals surface area contributed by atoms with Crippen LogP contribution in [0.15, 0.2) is 0 Å². The molecule has 0 aromatic heterocycles. The third-order valence-corrected chi connectivity index (χ3v) is 2.17. The lowest BCUT2D eigenvalue weighted by molar-refractivity contribution is -0.153. The SMILES string of the molecule is CC.CC.CCC1C(=O)OC(=O)C1CC. The van der Waals surface area contributed by atoms with Crippen molar-refractivity contribution in [1.29, 1.82) is 0 Å². The van der Waals surface area contributed by atoms with Gasteiger partial charge in [-0.15, -0.1) is 0 Å². The number of ether oxygens (including phenoxy) is 1. The molecule has 1 fully saturated rings. The van der Waals surface area contributed by atoms with Crippen LogP contribution in [0.25, 0.3) is 0 Å². The van der Waals surface area contributed by atoms with Crippen LogP contribution in [0.4, 0.5) is 0 Å². The highest BCUT2D eigenvalue weighted by Gasteiger charge is 2.41. The summed E-state index contributed by atoms with van der Waals surface area (Å²) in [5.74, 6) is -1.06. The Morgan fingerprint density at radius 2 is 1.13 bits per heavy atom. The third kappa shape index (κ3) is 4.45. The number of carbonyl (C=O) groups is 2. The highest BCUT2D eigenvalue weighted by Crippen LogP contribution is 2.28. The van der Waals surface area contributed by atoms with Crippen LogP contribution in [0.2, 0.25) is 0 Å². The second kappa shape index (κ2) is 9.69. The summed E-state index contributed by atoms with van der Waals surface area (Å²) in [6.07, 6.45) is 1.40. The molecule has 3 heteroatoms. The van der Waals surface area contributed by atoms with Gasteiger partial charge in [-0.25, -0.2) is 0 Å². The van der Waals surface area contributed by atoms with Gasteiger partial charge in [0.1, 0.15) is 0 Å². The first kappa shape index (κ1) is 16.6. The zero-order valence-electron chi connectivity index (χ0n) is 10.8. The van der Waals surface area contributed by atoms with Gasteiger partial charge in [0, 0.05) is 0 Å². The Balaban J connectivity index is 0. The molecule has 2 atom stereocenters. The molecule has 1 aliphatic heterocycles. The highest BCUT2D eigenvalue weighted by molar-refractivity contribution is 5.96. The predicted molar refractivity (Wildman–Crippen MR) is 61.4 cm³/mol. The maximum absolute atomic E-state index is 10.9. The summed E-state index contributed by atoms with van der Waals surface area (Å²) in [6.45, 7) is 11.8. The molecule has 0 spiro atoms. The van der Waals surface area contributed by atoms with E-state index in [0.717, 1.165) is 0 Å². The van der Waals surface area contributed by atoms with Gasteiger partial charge in [-0.3, -0.25) is 9.59 Å². The number of cyclic esters (lactones) is 2. The summed E-state index contributed by atoms with van der Waals surface area (Å²) in [5, 5.41) is 0. The Morgan fingerprint density at radius 1 is 0.867 bits per heavy atom. The quantitative estimate of drug-likeness (QED) is 0.526. The van der Waals surface area contributed by atoms with Gasteiger partial charge in [-0.2, -0.15) is 0 Å². The van der Waals surface area contributed by atoms with Gasteiger partial charge in [0.05, 0.1) is 11.8 Å². The van der Waals surface area contributed by atoms with E-state index in [1.807, 2.05) is 41.5 Å². The number of rotatable bonds is 2. The second-order valence-corrected chi connectivity index (χ2v) is 2.77. The molecule has 1 saturated heterocycles. The largest absolute Gasteiger partial charge is 0.393 e. The van der Waals surface area contributed by atoms with Crippen LogP contribution in [0.3, 0.4) is 0 Å². The van der Waals surface area contributed by atoms with Gasteiger partial charge in [0.25, 0.3) is 0 Å². The summed E-state index contributed by atoms with van der Waals surface area (Å²) >= 11 is 0. The molecule has 0 aromatic rings. The van der Waals surface area contributed by atoms with E-state index in [2.05, 4.69) is 4.74 Å². The monoisotopic (exact) mass is 216 g/mol. The molecule has 1 aliphatic rings. The van der Waals surface area contributed by atoms with Gasteiger partial charge >= 0.3 is 11.9 Å². The molecule has 15 heavy (non-hydrogen) atoms. The first-order valence-corrected chi connectivity index (χ1v) is 5.96. The fourth-order valence-electron chi connectivity index (χ4n) is 1.48. The molecule has 90 valence electrons. The molecular formula is C12H24O3. The standard InChI is InChI=1S/C8H12O3.2C2H6/c1-3-5-6(4-2)8(10)11-7(5)9;2*1-2/h5-6H,3-4H2,1-2H3;2*1-2H3. The normalized spacial score (nSPS) is 23.3. The van der Waals surface area contributed by atoms with Gasteiger partial charge in [-0.1, -0.05) is 41.5 Å². The predicted octanol–water partition coefficient (Wildman–Crippen LogP) is 3.17. The van der Waals surface area contributed by atoms with Crippen LogP contribution in [0, 0.1) is 11.8 Å². The Morgan fingerprint density at radius 3 is 1.33 bits per heavy atom. The van der Waals surface area contributed by atoms with Crippen molar-refractivity contribution < 1.29 is 14.3 Å². The maximum atomic E-state index is 10.9. The minimum absolute atomic E-state index is 0.188. The van der Waals surface area contributed by atoms with Gasteiger partial charge in [0.15, 0.2) is 0 Å². The van der Waals surface area contributed by atoms with E-state index >= 15 is 0 Å². The molecule has 1 heterocycles. The van der Waals surface area contributed by atoms with Crippen LogP contribution < -0.4 is 0 Å². The summed E-state index contributed by atoms with van der Waals surface area (Å²) in [6, 6.07) is 0. The van der Waals surface area contributed by atoms with Crippen molar-refractivity contribution in [2.45, 2.75) is 54.4 Å². The van der Waals surface area contributed by atoms with Crippen molar-refractivity contribution >= 4 is 11.9 Å². The molecular weight excluding hydrogens is 192 g/mol.